The summed E-state index contributed by atoms with van der Waals surface area (Å²) in [6.07, 6.45) is 0. The Hall–Kier alpha value is -7.47. The summed E-state index contributed by atoms with van der Waals surface area (Å²) in [4.78, 5) is 15.9. The highest BCUT2D eigenvalue weighted by Gasteiger charge is 2.43. The molecule has 5 heterocycles. The van der Waals surface area contributed by atoms with E-state index in [0.717, 1.165) is 5.56 Å². The number of hydrogen-bond acceptors (Lipinski definition) is 13. The van der Waals surface area contributed by atoms with Crippen LogP contribution in [0.5, 0.6) is 23.0 Å². The van der Waals surface area contributed by atoms with Crippen LogP contribution in [0.1, 0.15) is 22.3 Å². The van der Waals surface area contributed by atoms with Crippen LogP contribution >= 0.6 is 37.0 Å². The zero-order valence-corrected chi connectivity index (χ0v) is 34.0. The number of nitrogens with zero attached hydrogens (tertiary/aromatic N) is 7. The zero-order valence-electron chi connectivity index (χ0n) is 30.6. The van der Waals surface area contributed by atoms with Gasteiger partial charge in [0.15, 0.2) is 31.8 Å². The van der Waals surface area contributed by atoms with Gasteiger partial charge in [-0.25, -0.2) is 15.0 Å². The van der Waals surface area contributed by atoms with Gasteiger partial charge in [-0.3, -0.25) is 0 Å². The molecule has 11 nitrogen and oxygen atoms in total. The molecular formula is C45H21N7O4P2S2. The van der Waals surface area contributed by atoms with Crippen molar-refractivity contribution in [3.05, 3.63) is 150 Å². The molecule has 0 bridgehead atoms. The summed E-state index contributed by atoms with van der Waals surface area (Å²) < 4.78 is 44.6. The minimum absolute atomic E-state index is 0.299. The van der Waals surface area contributed by atoms with Crippen molar-refractivity contribution < 1.29 is 18.6 Å². The molecule has 60 heavy (non-hydrogen) atoms. The van der Waals surface area contributed by atoms with Crippen LogP contribution in [0.15, 0.2) is 127 Å². The minimum atomic E-state index is -3.71. The predicted molar refractivity (Wildman–Crippen MR) is 230 cm³/mol. The number of thiophene rings is 2. The first-order chi connectivity index (χ1) is 29.2. The molecule has 5 aromatic carbocycles. The summed E-state index contributed by atoms with van der Waals surface area (Å²) in [5.74, 6) is 2.39. The molecule has 10 rings (SSSR count). The lowest BCUT2D eigenvalue weighted by atomic mass is 10.2. The summed E-state index contributed by atoms with van der Waals surface area (Å²) >= 11 is 2.45. The van der Waals surface area contributed by atoms with E-state index in [2.05, 4.69) is 24.3 Å². The number of rotatable bonds is 5. The molecule has 0 amide bonds. The summed E-state index contributed by atoms with van der Waals surface area (Å²) in [5.41, 5.74) is 1.96. The zero-order chi connectivity index (χ0) is 41.2. The van der Waals surface area contributed by atoms with Crippen LogP contribution in [0.3, 0.4) is 0 Å². The van der Waals surface area contributed by atoms with Crippen molar-refractivity contribution in [2.75, 3.05) is 0 Å². The fourth-order valence-electron chi connectivity index (χ4n) is 7.20. The van der Waals surface area contributed by atoms with Gasteiger partial charge in [0.05, 0.1) is 86.7 Å². The molecule has 2 aliphatic heterocycles. The Morgan fingerprint density at radius 1 is 0.433 bits per heavy atom. The van der Waals surface area contributed by atoms with Gasteiger partial charge >= 0.3 is 0 Å². The van der Waals surface area contributed by atoms with Crippen LogP contribution in [-0.2, 0) is 9.13 Å². The summed E-state index contributed by atoms with van der Waals surface area (Å²) in [6, 6.07) is 44.2. The van der Waals surface area contributed by atoms with Crippen LogP contribution in [0.2, 0.25) is 0 Å². The SMILES string of the molecule is N#Cc1ccc2c(c1)P(=O)(c1ccc(-c3nc(-c4ccccc4)nc(-c4ccc(P5(=O)c6cc(C#N)ccc6Oc6ccc(C#N)cc65)s4)n3)s1)c1cc(C#N)ccc1O2. The number of ether oxygens (including phenoxy) is 2. The molecule has 0 spiro atoms. The van der Waals surface area contributed by atoms with Crippen LogP contribution in [0.25, 0.3) is 32.8 Å². The number of aromatic nitrogens is 3. The van der Waals surface area contributed by atoms with Crippen molar-refractivity contribution in [3.63, 3.8) is 0 Å². The van der Waals surface area contributed by atoms with Crippen LogP contribution < -0.4 is 39.9 Å². The fraction of sp³-hybridized carbons (Fsp3) is 0. The number of hydrogen-bond donors (Lipinski definition) is 0. The molecule has 2 aliphatic rings. The highest BCUT2D eigenvalue weighted by molar-refractivity contribution is 7.90. The van der Waals surface area contributed by atoms with E-state index in [4.69, 9.17) is 24.4 Å². The predicted octanol–water partition coefficient (Wildman–Crippen LogP) is 7.97. The third-order valence-electron chi connectivity index (χ3n) is 10.1. The molecule has 0 saturated carbocycles. The average molecular weight is 850 g/mol. The maximum absolute atomic E-state index is 15.7. The number of nitriles is 4. The Morgan fingerprint density at radius 3 is 1.13 bits per heavy atom. The average Bonchev–Trinajstić information content (AvgIpc) is 4.02. The Bertz CT molecular complexity index is 3090. The Labute approximate surface area is 350 Å². The van der Waals surface area contributed by atoms with Crippen molar-refractivity contribution >= 4 is 67.4 Å². The molecule has 8 aromatic rings. The standard InChI is InChI=1S/C45H21N7O4P2S2/c46-22-26-6-10-31-35(18-26)57(53,36-19-27(23-47)7-11-32(36)55-31)41-16-14-39(59-41)44-50-43(30-4-2-1-3-5-30)51-45(52-44)40-15-17-42(60-40)58(54)37-20-28(24-48)8-12-33(37)56-34-13-9-29(25-49)21-38(34)58/h1-21H. The van der Waals surface area contributed by atoms with Crippen molar-refractivity contribution in [3.8, 4) is 80.1 Å². The summed E-state index contributed by atoms with van der Waals surface area (Å²) in [5, 5.41) is 40.5. The quantitative estimate of drug-likeness (QED) is 0.153. The molecule has 0 unspecified atom stereocenters. The van der Waals surface area contributed by atoms with Crippen molar-refractivity contribution in [2.24, 2.45) is 0 Å². The van der Waals surface area contributed by atoms with Crippen LogP contribution in [0.4, 0.5) is 0 Å². The third-order valence-corrected chi connectivity index (χ3v) is 19.6. The van der Waals surface area contributed by atoms with Gasteiger partial charge < -0.3 is 18.6 Å². The highest BCUT2D eigenvalue weighted by atomic mass is 32.1. The van der Waals surface area contributed by atoms with Gasteiger partial charge in [-0.05, 0) is 97.1 Å². The van der Waals surface area contributed by atoms with Crippen LogP contribution in [0, 0.1) is 45.3 Å². The van der Waals surface area contributed by atoms with Gasteiger partial charge in [0.2, 0.25) is 0 Å². The van der Waals surface area contributed by atoms with E-state index in [1.807, 2.05) is 30.3 Å². The molecule has 0 aliphatic carbocycles. The highest BCUT2D eigenvalue weighted by Crippen LogP contribution is 2.55. The second-order valence-electron chi connectivity index (χ2n) is 13.5. The Morgan fingerprint density at radius 2 is 0.783 bits per heavy atom. The molecule has 0 fully saturated rings. The normalized spacial score (nSPS) is 13.6. The first-order valence-electron chi connectivity index (χ1n) is 18.0. The second kappa shape index (κ2) is 14.1. The molecule has 0 N–H and O–H groups in total. The monoisotopic (exact) mass is 849 g/mol. The largest absolute Gasteiger partial charge is 0.456 e. The topological polar surface area (TPSA) is 186 Å². The lowest BCUT2D eigenvalue weighted by molar-refractivity contribution is 0.485. The van der Waals surface area contributed by atoms with E-state index in [1.165, 1.54) is 22.7 Å². The number of fused-ring (bicyclic) bond motifs is 4. The van der Waals surface area contributed by atoms with E-state index in [-0.39, 0.29) is 0 Å². The first-order valence-corrected chi connectivity index (χ1v) is 23.1. The molecule has 0 saturated heterocycles. The van der Waals surface area contributed by atoms with E-state index in [0.29, 0.717) is 103 Å². The Balaban J connectivity index is 1.13. The molecular weight excluding hydrogens is 829 g/mol. The maximum Gasteiger partial charge on any atom is 0.187 e. The van der Waals surface area contributed by atoms with Gasteiger partial charge in [0, 0.05) is 5.56 Å². The molecule has 0 radical (unpaired) electrons. The van der Waals surface area contributed by atoms with Gasteiger partial charge in [0.1, 0.15) is 23.0 Å². The van der Waals surface area contributed by atoms with E-state index < -0.39 is 14.3 Å². The van der Waals surface area contributed by atoms with Crippen molar-refractivity contribution in [2.45, 2.75) is 0 Å². The van der Waals surface area contributed by atoms with Gasteiger partial charge in [-0.15, -0.1) is 22.7 Å². The lowest BCUT2D eigenvalue weighted by Crippen LogP contribution is -2.30. The smallest absolute Gasteiger partial charge is 0.187 e. The molecule has 0 atom stereocenters. The van der Waals surface area contributed by atoms with Gasteiger partial charge in [-0.1, -0.05) is 30.3 Å². The second-order valence-corrected chi connectivity index (χ2v) is 21.6. The lowest BCUT2D eigenvalue weighted by Gasteiger charge is -2.28. The third kappa shape index (κ3) is 5.77. The maximum atomic E-state index is 15.7. The first kappa shape index (κ1) is 36.8. The van der Waals surface area contributed by atoms with E-state index in [1.54, 1.807) is 97.1 Å². The fourth-order valence-corrected chi connectivity index (χ4v) is 16.4. The van der Waals surface area contributed by atoms with Crippen molar-refractivity contribution in [1.29, 1.82) is 21.0 Å². The van der Waals surface area contributed by atoms with Gasteiger partial charge in [-0.2, -0.15) is 21.0 Å². The van der Waals surface area contributed by atoms with Crippen molar-refractivity contribution in [1.82, 2.24) is 15.0 Å². The molecule has 3 aromatic heterocycles. The summed E-state index contributed by atoms with van der Waals surface area (Å²) in [7, 11) is -7.42. The summed E-state index contributed by atoms with van der Waals surface area (Å²) in [6.45, 7) is 0. The van der Waals surface area contributed by atoms with E-state index >= 15 is 9.13 Å². The molecule has 15 heteroatoms. The molecule has 282 valence electrons. The Kier molecular flexibility index (Phi) is 8.67. The van der Waals surface area contributed by atoms with Gasteiger partial charge in [0.25, 0.3) is 0 Å². The van der Waals surface area contributed by atoms with E-state index in [9.17, 15) is 21.0 Å². The minimum Gasteiger partial charge on any atom is -0.456 e. The van der Waals surface area contributed by atoms with Crippen LogP contribution in [-0.4, -0.2) is 15.0 Å². The number of benzene rings is 5.